The summed E-state index contributed by atoms with van der Waals surface area (Å²) in [7, 11) is 0. The van der Waals surface area contributed by atoms with E-state index in [1.54, 1.807) is 52.8 Å². The second-order valence-electron chi connectivity index (χ2n) is 11.2. The smallest absolute Gasteiger partial charge is 0.459 e. The molecule has 0 spiro atoms. The number of hydrogen-bond acceptors (Lipinski definition) is 8. The van der Waals surface area contributed by atoms with Gasteiger partial charge in [-0.15, -0.1) is 15.0 Å². The molecule has 1 atom stereocenters. The number of nitriles is 1. The Morgan fingerprint density at radius 2 is 1.72 bits per heavy atom. The predicted octanol–water partition coefficient (Wildman–Crippen LogP) is 7.70. The molecule has 0 amide bonds. The molecule has 0 aliphatic rings. The van der Waals surface area contributed by atoms with Crippen LogP contribution >= 0.6 is 11.6 Å². The maximum atomic E-state index is 13.1. The molecule has 0 bridgehead atoms. The van der Waals surface area contributed by atoms with E-state index in [0.29, 0.717) is 16.7 Å². The van der Waals surface area contributed by atoms with Crippen molar-refractivity contribution in [3.05, 3.63) is 69.9 Å². The number of carbonyl (C=O) groups is 2. The molecule has 9 nitrogen and oxygen atoms in total. The summed E-state index contributed by atoms with van der Waals surface area (Å²) in [5.41, 5.74) is -1.34. The number of nitrogens with zero attached hydrogens (tertiary/aromatic N) is 4. The maximum Gasteiger partial charge on any atom is 0.510 e. The summed E-state index contributed by atoms with van der Waals surface area (Å²) in [5.74, 6) is -0.552. The normalized spacial score (nSPS) is 13.0. The van der Waals surface area contributed by atoms with Crippen LogP contribution in [0.3, 0.4) is 0 Å². The number of alkyl halides is 3. The summed E-state index contributed by atoms with van der Waals surface area (Å²) < 4.78 is 54.9. The minimum atomic E-state index is -4.47. The van der Waals surface area contributed by atoms with E-state index in [-0.39, 0.29) is 23.0 Å². The molecule has 1 unspecified atom stereocenters. The summed E-state index contributed by atoms with van der Waals surface area (Å²) in [6.45, 7) is 9.43. The Hall–Kier alpha value is -4.37. The quantitative estimate of drug-likeness (QED) is 0.186. The molecule has 1 heterocycles. The highest BCUT2D eigenvalue weighted by atomic mass is 35.5. The van der Waals surface area contributed by atoms with Crippen molar-refractivity contribution in [2.24, 2.45) is 5.41 Å². The van der Waals surface area contributed by atoms with E-state index in [9.17, 15) is 28.0 Å². The average molecular weight is 619 g/mol. The average Bonchev–Trinajstić information content (AvgIpc) is 3.34. The van der Waals surface area contributed by atoms with Crippen molar-refractivity contribution in [3.8, 4) is 17.3 Å². The van der Waals surface area contributed by atoms with Gasteiger partial charge in [-0.25, -0.2) is 4.79 Å². The number of halogens is 4. The minimum absolute atomic E-state index is 0.0926. The molecule has 0 N–H and O–H groups in total. The number of ether oxygens (including phenoxy) is 3. The van der Waals surface area contributed by atoms with E-state index in [1.807, 2.05) is 6.07 Å². The van der Waals surface area contributed by atoms with E-state index in [1.165, 1.54) is 31.2 Å². The first-order chi connectivity index (χ1) is 19.9. The molecule has 0 aliphatic heterocycles. The van der Waals surface area contributed by atoms with Gasteiger partial charge in [0.05, 0.1) is 11.0 Å². The van der Waals surface area contributed by atoms with Crippen LogP contribution in [0.4, 0.5) is 18.0 Å². The van der Waals surface area contributed by atoms with Crippen molar-refractivity contribution < 1.29 is 37.0 Å². The van der Waals surface area contributed by atoms with Crippen LogP contribution in [0.5, 0.6) is 0 Å². The van der Waals surface area contributed by atoms with E-state index < -0.39 is 41.1 Å². The monoisotopic (exact) mass is 618 g/mol. The highest BCUT2D eigenvalue weighted by molar-refractivity contribution is 6.31. The fourth-order valence-electron chi connectivity index (χ4n) is 3.55. The Labute approximate surface area is 251 Å². The Balaban J connectivity index is 1.76. The zero-order valence-corrected chi connectivity index (χ0v) is 25.1. The lowest BCUT2D eigenvalue weighted by molar-refractivity contribution is -0.168. The van der Waals surface area contributed by atoms with Crippen molar-refractivity contribution >= 4 is 35.9 Å². The zero-order chi connectivity index (χ0) is 32.2. The highest BCUT2D eigenvalue weighted by Gasteiger charge is 2.35. The van der Waals surface area contributed by atoms with Gasteiger partial charge in [-0.2, -0.15) is 18.4 Å². The number of esters is 1. The summed E-state index contributed by atoms with van der Waals surface area (Å²) in [6.07, 6.45) is -3.59. The molecule has 43 heavy (non-hydrogen) atoms. The first kappa shape index (κ1) is 33.1. The molecular formula is C30H30ClF3N4O5. The largest absolute Gasteiger partial charge is 0.510 e. The fourth-order valence-corrected chi connectivity index (χ4v) is 3.79. The number of aromatic nitrogens is 3. The van der Waals surface area contributed by atoms with Gasteiger partial charge in [-0.1, -0.05) is 35.9 Å². The third-order valence-corrected chi connectivity index (χ3v) is 5.92. The summed E-state index contributed by atoms with van der Waals surface area (Å²) in [6, 6.07) is 11.5. The van der Waals surface area contributed by atoms with E-state index >= 15 is 0 Å². The van der Waals surface area contributed by atoms with Crippen molar-refractivity contribution in [1.29, 1.82) is 5.26 Å². The SMILES string of the molecule is CC(OC(=O)OCC(C)(C)C(=O)OC(C)(C)C)n1nc(C#N)c(-c2cc(Cl)cc(/C=C/c3cccc(C(F)(F)F)c3)c2)n1. The Morgan fingerprint density at radius 3 is 2.35 bits per heavy atom. The van der Waals surface area contributed by atoms with E-state index in [2.05, 4.69) is 10.2 Å². The third kappa shape index (κ3) is 9.31. The molecular weight excluding hydrogens is 589 g/mol. The standard InChI is InChI=1S/C30H30ClF3N4O5/c1-18(42-27(40)41-17-29(5,6)26(39)43-28(2,3)4)38-36-24(16-35)25(37-38)21-12-20(14-23(31)15-21)11-10-19-8-7-9-22(13-19)30(32,33)34/h7-15,18H,17H2,1-6H3/b11-10+. The second kappa shape index (κ2) is 12.9. The van der Waals surface area contributed by atoms with Gasteiger partial charge in [0.1, 0.15) is 24.0 Å². The van der Waals surface area contributed by atoms with Gasteiger partial charge in [0.2, 0.25) is 6.23 Å². The van der Waals surface area contributed by atoms with Crippen LogP contribution < -0.4 is 0 Å². The molecule has 0 fully saturated rings. The maximum absolute atomic E-state index is 13.1. The molecule has 1 aromatic heterocycles. The molecule has 0 saturated heterocycles. The zero-order valence-electron chi connectivity index (χ0n) is 24.3. The van der Waals surface area contributed by atoms with Gasteiger partial charge < -0.3 is 14.2 Å². The molecule has 0 saturated carbocycles. The number of hydrogen-bond donors (Lipinski definition) is 0. The second-order valence-corrected chi connectivity index (χ2v) is 11.6. The first-order valence-electron chi connectivity index (χ1n) is 13.0. The van der Waals surface area contributed by atoms with Gasteiger partial charge in [0.15, 0.2) is 5.69 Å². The molecule has 3 aromatic rings. The van der Waals surface area contributed by atoms with E-state index in [4.69, 9.17) is 25.8 Å². The molecule has 0 radical (unpaired) electrons. The third-order valence-electron chi connectivity index (χ3n) is 5.71. The number of carbonyl (C=O) groups excluding carboxylic acids is 2. The first-order valence-corrected chi connectivity index (χ1v) is 13.4. The lowest BCUT2D eigenvalue weighted by atomic mass is 9.95. The molecule has 13 heteroatoms. The molecule has 0 aliphatic carbocycles. The van der Waals surface area contributed by atoms with Crippen LogP contribution in [0, 0.1) is 16.7 Å². The number of rotatable bonds is 8. The summed E-state index contributed by atoms with van der Waals surface area (Å²) in [4.78, 5) is 25.7. The van der Waals surface area contributed by atoms with Crippen LogP contribution in [0.1, 0.15) is 70.2 Å². The van der Waals surface area contributed by atoms with Gasteiger partial charge in [-0.05, 0) is 83.0 Å². The topological polar surface area (TPSA) is 116 Å². The molecule has 2 aromatic carbocycles. The van der Waals surface area contributed by atoms with Gasteiger partial charge in [-0.3, -0.25) is 4.79 Å². The summed E-state index contributed by atoms with van der Waals surface area (Å²) in [5, 5.41) is 18.3. The Bertz CT molecular complexity index is 1570. The summed E-state index contributed by atoms with van der Waals surface area (Å²) >= 11 is 6.29. The van der Waals surface area contributed by atoms with Crippen molar-refractivity contribution in [2.75, 3.05) is 6.61 Å². The Morgan fingerprint density at radius 1 is 1.05 bits per heavy atom. The van der Waals surface area contributed by atoms with Gasteiger partial charge in [0, 0.05) is 10.6 Å². The highest BCUT2D eigenvalue weighted by Crippen LogP contribution is 2.31. The lowest BCUT2D eigenvalue weighted by Gasteiger charge is -2.28. The lowest BCUT2D eigenvalue weighted by Crippen LogP contribution is -2.37. The molecule has 3 rings (SSSR count). The van der Waals surface area contributed by atoms with Crippen LogP contribution in [-0.4, -0.2) is 39.3 Å². The minimum Gasteiger partial charge on any atom is -0.459 e. The predicted molar refractivity (Wildman–Crippen MR) is 152 cm³/mol. The molecule has 228 valence electrons. The Kier molecular flexibility index (Phi) is 9.92. The van der Waals surface area contributed by atoms with Crippen molar-refractivity contribution in [1.82, 2.24) is 15.0 Å². The van der Waals surface area contributed by atoms with Crippen LogP contribution in [0.25, 0.3) is 23.4 Å². The number of benzene rings is 2. The van der Waals surface area contributed by atoms with Crippen LogP contribution in [0.15, 0.2) is 42.5 Å². The van der Waals surface area contributed by atoms with Gasteiger partial charge in [0.25, 0.3) is 0 Å². The van der Waals surface area contributed by atoms with Gasteiger partial charge >= 0.3 is 18.3 Å². The fraction of sp³-hybridized carbons (Fsp3) is 0.367. The van der Waals surface area contributed by atoms with Crippen LogP contribution in [0.2, 0.25) is 5.02 Å². The van der Waals surface area contributed by atoms with E-state index in [0.717, 1.165) is 16.9 Å². The van der Waals surface area contributed by atoms with Crippen molar-refractivity contribution in [2.45, 2.75) is 59.5 Å². The van der Waals surface area contributed by atoms with Crippen molar-refractivity contribution in [3.63, 3.8) is 0 Å². The van der Waals surface area contributed by atoms with Crippen LogP contribution in [-0.2, 0) is 25.2 Å².